The molecule has 1 heterocycles. The van der Waals surface area contributed by atoms with E-state index in [2.05, 4.69) is 16.8 Å². The molecule has 1 aromatic carbocycles. The smallest absolute Gasteiger partial charge is 0.268 e. The molecule has 1 amide bonds. The van der Waals surface area contributed by atoms with Crippen LogP contribution in [0.1, 0.15) is 24.1 Å². The van der Waals surface area contributed by atoms with Gasteiger partial charge in [-0.15, -0.1) is 0 Å². The molecule has 0 saturated carbocycles. The molecule has 2 aromatic rings. The van der Waals surface area contributed by atoms with Crippen LogP contribution in [0.15, 0.2) is 42.1 Å². The number of nitrogens with zero attached hydrogens (tertiary/aromatic N) is 3. The van der Waals surface area contributed by atoms with Gasteiger partial charge in [0.05, 0.1) is 28.2 Å². The van der Waals surface area contributed by atoms with E-state index in [0.717, 1.165) is 5.69 Å². The number of carbonyl (C=O) groups is 1. The number of aromatic nitrogens is 1. The van der Waals surface area contributed by atoms with E-state index < -0.39 is 17.2 Å². The Hall–Kier alpha value is -3.19. The lowest BCUT2D eigenvalue weighted by molar-refractivity contribution is -0.124. The lowest BCUT2D eigenvalue weighted by Crippen LogP contribution is -2.28. The van der Waals surface area contributed by atoms with Gasteiger partial charge in [0.2, 0.25) is 0 Å². The number of phenolic OH excluding ortho intramolecular Hbond substituents is 1. The molecule has 2 N–H and O–H groups in total. The molecule has 0 aliphatic carbocycles. The van der Waals surface area contributed by atoms with Gasteiger partial charge in [-0.05, 0) is 31.2 Å². The van der Waals surface area contributed by atoms with Crippen molar-refractivity contribution in [1.82, 2.24) is 9.88 Å². The second-order valence-corrected chi connectivity index (χ2v) is 6.90. The maximum Gasteiger partial charge on any atom is 0.268 e. The van der Waals surface area contributed by atoms with Gasteiger partial charge in [0, 0.05) is 18.8 Å². The lowest BCUT2D eigenvalue weighted by Gasteiger charge is -2.14. The zero-order valence-electron chi connectivity index (χ0n) is 15.6. The van der Waals surface area contributed by atoms with E-state index >= 15 is 0 Å². The van der Waals surface area contributed by atoms with Crippen molar-refractivity contribution in [2.24, 2.45) is 0 Å². The van der Waals surface area contributed by atoms with Crippen LogP contribution in [0.3, 0.4) is 0 Å². The highest BCUT2D eigenvalue weighted by Crippen LogP contribution is 2.35. The maximum atomic E-state index is 12.6. The third-order valence-electron chi connectivity index (χ3n) is 3.97. The van der Waals surface area contributed by atoms with Crippen LogP contribution in [0.4, 0.5) is 0 Å². The summed E-state index contributed by atoms with van der Waals surface area (Å²) in [5.41, 5.74) is 0.348. The zero-order chi connectivity index (χ0) is 21.6. The molecule has 0 radical (unpaired) electrons. The highest BCUT2D eigenvalue weighted by Gasteiger charge is 2.21. The van der Waals surface area contributed by atoms with Crippen LogP contribution in [0, 0.1) is 23.2 Å². The van der Waals surface area contributed by atoms with Gasteiger partial charge in [-0.3, -0.25) is 9.78 Å². The number of hydrogen-bond donors (Lipinski definition) is 2. The third kappa shape index (κ3) is 5.42. The van der Waals surface area contributed by atoms with E-state index in [-0.39, 0.29) is 33.8 Å². The second-order valence-electron chi connectivity index (χ2n) is 6.08. The van der Waals surface area contributed by atoms with Gasteiger partial charge in [0.25, 0.3) is 5.91 Å². The van der Waals surface area contributed by atoms with Gasteiger partial charge in [-0.2, -0.15) is 5.26 Å². The number of carbonyl (C=O) groups excluding carboxylic acids is 1. The Morgan fingerprint density at radius 1 is 1.31 bits per heavy atom. The summed E-state index contributed by atoms with van der Waals surface area (Å²) in [5, 5.41) is 29.1. The lowest BCUT2D eigenvalue weighted by atomic mass is 10.1. The minimum atomic E-state index is -0.717. The van der Waals surface area contributed by atoms with Crippen molar-refractivity contribution in [2.75, 3.05) is 13.6 Å². The quantitative estimate of drug-likeness (QED) is 0.329. The molecule has 1 aromatic heterocycles. The van der Waals surface area contributed by atoms with Gasteiger partial charge in [0.15, 0.2) is 11.3 Å². The van der Waals surface area contributed by atoms with Crippen LogP contribution in [0.25, 0.3) is 5.76 Å². The van der Waals surface area contributed by atoms with E-state index in [4.69, 9.17) is 23.2 Å². The van der Waals surface area contributed by atoms with Crippen LogP contribution in [-0.4, -0.2) is 39.6 Å². The summed E-state index contributed by atoms with van der Waals surface area (Å²) in [6.07, 6.45) is 1.68. The fourth-order valence-electron chi connectivity index (χ4n) is 2.33. The van der Waals surface area contributed by atoms with Gasteiger partial charge < -0.3 is 15.1 Å². The number of rotatable bonds is 4. The van der Waals surface area contributed by atoms with Crippen LogP contribution >= 0.6 is 23.2 Å². The summed E-state index contributed by atoms with van der Waals surface area (Å²) in [6, 6.07) is 9.64. The monoisotopic (exact) mass is 429 g/mol. The van der Waals surface area contributed by atoms with Crippen molar-refractivity contribution in [3.05, 3.63) is 63.4 Å². The molecule has 0 fully saturated rings. The molecule has 0 aliphatic heterocycles. The number of nitriles is 1. The molecular weight excluding hydrogens is 413 g/mol. The van der Waals surface area contributed by atoms with E-state index in [9.17, 15) is 20.3 Å². The van der Waals surface area contributed by atoms with E-state index in [0.29, 0.717) is 0 Å². The Labute approximate surface area is 178 Å². The molecular formula is C21H17Cl2N3O3. The first-order valence-corrected chi connectivity index (χ1v) is 9.18. The number of aromatic hydroxyl groups is 1. The predicted molar refractivity (Wildman–Crippen MR) is 111 cm³/mol. The SMILES string of the molecule is CC(C#CCN(C)C(=O)/C(C#N)=C(\O)c1cc(Cl)c(O)c(Cl)c1)c1ccccn1. The molecule has 6 nitrogen and oxygen atoms in total. The van der Waals surface area contributed by atoms with Crippen LogP contribution < -0.4 is 0 Å². The molecule has 148 valence electrons. The third-order valence-corrected chi connectivity index (χ3v) is 4.54. The summed E-state index contributed by atoms with van der Waals surface area (Å²) >= 11 is 11.7. The first kappa shape index (κ1) is 22.1. The molecule has 1 unspecified atom stereocenters. The van der Waals surface area contributed by atoms with E-state index in [1.165, 1.54) is 24.1 Å². The van der Waals surface area contributed by atoms with Gasteiger partial charge in [-0.25, -0.2) is 0 Å². The zero-order valence-corrected chi connectivity index (χ0v) is 17.2. The fourth-order valence-corrected chi connectivity index (χ4v) is 2.82. The van der Waals surface area contributed by atoms with Crippen LogP contribution in [-0.2, 0) is 4.79 Å². The largest absolute Gasteiger partial charge is 0.506 e. The molecule has 2 rings (SSSR count). The first-order chi connectivity index (χ1) is 13.8. The molecule has 1 atom stereocenters. The topological polar surface area (TPSA) is 97.5 Å². The summed E-state index contributed by atoms with van der Waals surface area (Å²) in [7, 11) is 1.46. The van der Waals surface area contributed by atoms with E-state index in [1.54, 1.807) is 12.3 Å². The normalized spacial score (nSPS) is 12.1. The molecule has 0 saturated heterocycles. The van der Waals surface area contributed by atoms with Crippen molar-refractivity contribution in [1.29, 1.82) is 5.26 Å². The van der Waals surface area contributed by atoms with Gasteiger partial charge in [0.1, 0.15) is 11.8 Å². The number of aliphatic hydroxyl groups excluding tert-OH is 1. The second kappa shape index (κ2) is 9.84. The molecule has 0 bridgehead atoms. The number of aliphatic hydroxyl groups is 1. The average molecular weight is 430 g/mol. The molecule has 8 heteroatoms. The number of likely N-dealkylation sites (N-methyl/N-ethyl adjacent to an activating group) is 1. The van der Waals surface area contributed by atoms with Crippen molar-refractivity contribution in [3.8, 4) is 23.7 Å². The van der Waals surface area contributed by atoms with Crippen molar-refractivity contribution >= 4 is 34.9 Å². The van der Waals surface area contributed by atoms with Crippen molar-refractivity contribution in [3.63, 3.8) is 0 Å². The molecule has 0 spiro atoms. The summed E-state index contributed by atoms with van der Waals surface area (Å²) in [6.45, 7) is 1.94. The Kier molecular flexibility index (Phi) is 7.50. The number of halogens is 2. The number of amides is 1. The Morgan fingerprint density at radius 2 is 1.97 bits per heavy atom. The van der Waals surface area contributed by atoms with Crippen molar-refractivity contribution in [2.45, 2.75) is 12.8 Å². The minimum Gasteiger partial charge on any atom is -0.506 e. The average Bonchev–Trinajstić information content (AvgIpc) is 2.72. The first-order valence-electron chi connectivity index (χ1n) is 8.42. The summed E-state index contributed by atoms with van der Waals surface area (Å²) in [5.74, 6) is 4.07. The maximum absolute atomic E-state index is 12.6. The highest BCUT2D eigenvalue weighted by atomic mass is 35.5. The number of pyridine rings is 1. The van der Waals surface area contributed by atoms with Gasteiger partial charge >= 0.3 is 0 Å². The van der Waals surface area contributed by atoms with Crippen LogP contribution in [0.5, 0.6) is 5.75 Å². The Balaban J connectivity index is 2.20. The Morgan fingerprint density at radius 3 is 2.52 bits per heavy atom. The summed E-state index contributed by atoms with van der Waals surface area (Å²) in [4.78, 5) is 18.0. The molecule has 29 heavy (non-hydrogen) atoms. The fraction of sp³-hybridized carbons (Fsp3) is 0.190. The van der Waals surface area contributed by atoms with E-state index in [1.807, 2.05) is 25.1 Å². The minimum absolute atomic E-state index is 0.0333. The molecule has 0 aliphatic rings. The number of benzene rings is 1. The highest BCUT2D eigenvalue weighted by molar-refractivity contribution is 6.37. The summed E-state index contributed by atoms with van der Waals surface area (Å²) < 4.78 is 0. The number of hydrogen-bond acceptors (Lipinski definition) is 5. The van der Waals surface area contributed by atoms with Crippen molar-refractivity contribution < 1.29 is 15.0 Å². The number of phenols is 1. The van der Waals surface area contributed by atoms with Crippen LogP contribution in [0.2, 0.25) is 10.0 Å². The standard InChI is InChI=1S/C21H17Cl2N3O3/c1-13(18-7-3-4-8-25-18)6-5-9-26(2)21(29)15(12-24)19(27)14-10-16(22)20(28)17(23)11-14/h3-4,7-8,10-11,13,27-28H,9H2,1-2H3/b19-15-. The predicted octanol–water partition coefficient (Wildman–Crippen LogP) is 4.15. The Bertz CT molecular complexity index is 1030. The van der Waals surface area contributed by atoms with Gasteiger partial charge in [-0.1, -0.05) is 41.1 Å².